The van der Waals surface area contributed by atoms with Crippen LogP contribution >= 0.6 is 10.5 Å². The summed E-state index contributed by atoms with van der Waals surface area (Å²) in [6, 6.07) is 12.3. The van der Waals surface area contributed by atoms with Crippen molar-refractivity contribution in [2.75, 3.05) is 12.9 Å². The Hall–Kier alpha value is -3.26. The Morgan fingerprint density at radius 1 is 1.22 bits per heavy atom. The van der Waals surface area contributed by atoms with Gasteiger partial charge in [0.15, 0.2) is 5.76 Å². The summed E-state index contributed by atoms with van der Waals surface area (Å²) in [4.78, 5) is 10.3. The molecule has 1 unspecified atom stereocenters. The van der Waals surface area contributed by atoms with Gasteiger partial charge < -0.3 is 14.1 Å². The van der Waals surface area contributed by atoms with Crippen LogP contribution in [-0.4, -0.2) is 34.6 Å². The summed E-state index contributed by atoms with van der Waals surface area (Å²) >= 11 is 0. The smallest absolute Gasteiger partial charge is 0.229 e. The number of rotatable bonds is 9. The molecule has 0 aliphatic carbocycles. The van der Waals surface area contributed by atoms with Crippen molar-refractivity contribution in [2.24, 2.45) is 5.16 Å². The van der Waals surface area contributed by atoms with Gasteiger partial charge in [0, 0.05) is 21.9 Å². The molecule has 0 spiro atoms. The average Bonchev–Trinajstić information content (AvgIpc) is 3.26. The number of benzene rings is 2. The second-order valence-corrected chi connectivity index (χ2v) is 9.23. The molecular weight excluding hydrogens is 429 g/mol. The second-order valence-electron chi connectivity index (χ2n) is 7.51. The molecule has 1 atom stereocenters. The molecule has 0 N–H and O–H groups in total. The summed E-state index contributed by atoms with van der Waals surface area (Å²) in [5, 5.41) is 8.02. The minimum absolute atomic E-state index is 0.114. The summed E-state index contributed by atoms with van der Waals surface area (Å²) in [5.41, 5.74) is 1.99. The van der Waals surface area contributed by atoms with Crippen molar-refractivity contribution in [3.05, 3.63) is 72.1 Å². The first-order valence-corrected chi connectivity index (χ1v) is 11.8. The van der Waals surface area contributed by atoms with Crippen LogP contribution in [0.15, 0.2) is 69.4 Å². The Morgan fingerprint density at radius 2 is 1.94 bits per heavy atom. The number of hydrogen-bond acceptors (Lipinski definition) is 6. The zero-order chi connectivity index (χ0) is 23.3. The third-order valence-electron chi connectivity index (χ3n) is 4.48. The van der Waals surface area contributed by atoms with E-state index in [-0.39, 0.29) is 18.3 Å². The van der Waals surface area contributed by atoms with Crippen molar-refractivity contribution in [2.45, 2.75) is 31.6 Å². The van der Waals surface area contributed by atoms with Crippen LogP contribution in [-0.2, 0) is 4.84 Å². The van der Waals surface area contributed by atoms with Crippen molar-refractivity contribution in [3.63, 3.8) is 0 Å². The Labute approximate surface area is 189 Å². The maximum Gasteiger partial charge on any atom is 0.229 e. The number of ether oxygens (including phenoxy) is 1. The fraction of sp³-hybridized carbons (Fsp3) is 0.250. The van der Waals surface area contributed by atoms with Crippen LogP contribution in [0.3, 0.4) is 0 Å². The van der Waals surface area contributed by atoms with Gasteiger partial charge >= 0.3 is 0 Å². The van der Waals surface area contributed by atoms with Gasteiger partial charge in [0.05, 0.1) is 5.71 Å². The lowest BCUT2D eigenvalue weighted by Crippen LogP contribution is -2.03. The molecule has 0 saturated heterocycles. The van der Waals surface area contributed by atoms with Crippen LogP contribution in [0, 0.1) is 5.82 Å². The van der Waals surface area contributed by atoms with Gasteiger partial charge in [-0.3, -0.25) is 0 Å². The maximum atomic E-state index is 14.2. The third-order valence-corrected chi connectivity index (χ3v) is 5.57. The summed E-state index contributed by atoms with van der Waals surface area (Å²) in [6.07, 6.45) is 1.87. The maximum absolute atomic E-state index is 14.2. The molecule has 0 bridgehead atoms. The van der Waals surface area contributed by atoms with Gasteiger partial charge in [-0.25, -0.2) is 4.39 Å². The number of halogens is 1. The van der Waals surface area contributed by atoms with Gasteiger partial charge in [-0.1, -0.05) is 42.7 Å². The predicted octanol–water partition coefficient (Wildman–Crippen LogP) is 6.02. The number of nitrogens with zero attached hydrogens (tertiary/aromatic N) is 3. The topological polar surface area (TPSA) is 69.7 Å². The van der Waals surface area contributed by atoms with E-state index in [9.17, 15) is 4.39 Å². The van der Waals surface area contributed by atoms with Gasteiger partial charge in [0.1, 0.15) is 18.2 Å². The van der Waals surface area contributed by atoms with Gasteiger partial charge in [0.25, 0.3) is 0 Å². The summed E-state index contributed by atoms with van der Waals surface area (Å²) in [7, 11) is -0.396. The van der Waals surface area contributed by atoms with Crippen LogP contribution in [0.5, 0.6) is 5.75 Å². The van der Waals surface area contributed by atoms with Crippen LogP contribution < -0.4 is 4.74 Å². The first-order chi connectivity index (χ1) is 15.2. The number of hydrogen-bond donors (Lipinski definition) is 0. The summed E-state index contributed by atoms with van der Waals surface area (Å²) in [5.74, 6) is 5.83. The molecule has 0 saturated carbocycles. The Morgan fingerprint density at radius 3 is 2.53 bits per heavy atom. The first-order valence-electron chi connectivity index (χ1n) is 9.96. The minimum atomic E-state index is -0.396. The summed E-state index contributed by atoms with van der Waals surface area (Å²) < 4.78 is 25.1. The zero-order valence-corrected chi connectivity index (χ0v) is 19.4. The largest absolute Gasteiger partial charge is 0.486 e. The standard InChI is InChI=1S/C24H26FN3O3S/c1-15(2)24-26-23(28-31-24)18-7-10-20(11-8-18)29-14-16(3)30-27-17(4)19-9-12-22(32(5)6)21(25)13-19/h7-13,15H,3,5,14H2,1-2,4,6H3/b27-17+. The monoisotopic (exact) mass is 455 g/mol. The van der Waals surface area contributed by atoms with E-state index in [1.807, 2.05) is 32.2 Å². The lowest BCUT2D eigenvalue weighted by molar-refractivity contribution is 0.180. The van der Waals surface area contributed by atoms with Crippen LogP contribution in [0.25, 0.3) is 11.4 Å². The van der Waals surface area contributed by atoms with Gasteiger partial charge in [-0.05, 0) is 49.6 Å². The highest BCUT2D eigenvalue weighted by Crippen LogP contribution is 2.25. The molecule has 8 heteroatoms. The molecule has 168 valence electrons. The van der Waals surface area contributed by atoms with Crippen molar-refractivity contribution >= 4 is 22.1 Å². The Kier molecular flexibility index (Phi) is 7.58. The quantitative estimate of drug-likeness (QED) is 0.171. The number of oxime groups is 1. The van der Waals surface area contributed by atoms with E-state index >= 15 is 0 Å². The zero-order valence-electron chi connectivity index (χ0n) is 18.6. The first kappa shape index (κ1) is 23.4. The molecule has 32 heavy (non-hydrogen) atoms. The fourth-order valence-electron chi connectivity index (χ4n) is 2.67. The van der Waals surface area contributed by atoms with E-state index in [4.69, 9.17) is 14.1 Å². The Bertz CT molecular complexity index is 1150. The highest BCUT2D eigenvalue weighted by Gasteiger charge is 2.11. The van der Waals surface area contributed by atoms with Crippen molar-refractivity contribution in [1.82, 2.24) is 10.1 Å². The molecule has 3 rings (SSSR count). The van der Waals surface area contributed by atoms with Crippen molar-refractivity contribution < 1.29 is 18.5 Å². The fourth-order valence-corrected chi connectivity index (χ4v) is 3.36. The van der Waals surface area contributed by atoms with Gasteiger partial charge in [0.2, 0.25) is 11.7 Å². The predicted molar refractivity (Wildman–Crippen MR) is 127 cm³/mol. The molecule has 0 amide bonds. The van der Waals surface area contributed by atoms with Crippen molar-refractivity contribution in [1.29, 1.82) is 0 Å². The Balaban J connectivity index is 1.54. The molecule has 1 heterocycles. The number of aromatic nitrogens is 2. The van der Waals surface area contributed by atoms with E-state index in [0.29, 0.717) is 39.4 Å². The summed E-state index contributed by atoms with van der Waals surface area (Å²) in [6.45, 7) is 9.64. The van der Waals surface area contributed by atoms with Crippen LogP contribution in [0.2, 0.25) is 0 Å². The molecule has 0 radical (unpaired) electrons. The van der Waals surface area contributed by atoms with E-state index in [2.05, 4.69) is 27.7 Å². The van der Waals surface area contributed by atoms with E-state index < -0.39 is 10.5 Å². The van der Waals surface area contributed by atoms with E-state index in [1.54, 1.807) is 31.2 Å². The normalized spacial score (nSPS) is 12.6. The molecule has 1 aromatic heterocycles. The van der Waals surface area contributed by atoms with E-state index in [0.717, 1.165) is 5.56 Å². The molecule has 3 aromatic rings. The second kappa shape index (κ2) is 10.4. The van der Waals surface area contributed by atoms with Gasteiger partial charge in [-0.2, -0.15) is 15.5 Å². The van der Waals surface area contributed by atoms with E-state index in [1.165, 1.54) is 6.07 Å². The molecule has 6 nitrogen and oxygen atoms in total. The highest BCUT2D eigenvalue weighted by atomic mass is 32.2. The van der Waals surface area contributed by atoms with Gasteiger partial charge in [-0.15, -0.1) is 0 Å². The van der Waals surface area contributed by atoms with Crippen LogP contribution in [0.4, 0.5) is 4.39 Å². The lowest BCUT2D eigenvalue weighted by Gasteiger charge is -2.09. The highest BCUT2D eigenvalue weighted by molar-refractivity contribution is 8.13. The minimum Gasteiger partial charge on any atom is -0.486 e. The molecular formula is C24H26FN3O3S. The van der Waals surface area contributed by atoms with Crippen molar-refractivity contribution in [3.8, 4) is 17.1 Å². The molecule has 0 aliphatic heterocycles. The third kappa shape index (κ3) is 5.91. The molecule has 2 aromatic carbocycles. The average molecular weight is 456 g/mol. The van der Waals surface area contributed by atoms with Crippen LogP contribution in [0.1, 0.15) is 38.1 Å². The molecule has 0 aliphatic rings. The SMILES string of the molecule is C=C(COc1ccc(-c2noc(C(C)C)n2)cc1)O/N=C(\C)c1ccc(S(=C)C)c(F)c1. The molecule has 0 fully saturated rings. The lowest BCUT2D eigenvalue weighted by atomic mass is 10.1.